The molecule has 4 heterocycles. The third-order valence-electron chi connectivity index (χ3n) is 9.60. The van der Waals surface area contributed by atoms with E-state index in [-0.39, 0.29) is 5.41 Å². The Bertz CT molecular complexity index is 2330. The first kappa shape index (κ1) is 31.8. The molecule has 47 heavy (non-hydrogen) atoms. The van der Waals surface area contributed by atoms with Crippen molar-refractivity contribution in [2.75, 3.05) is 0 Å². The van der Waals surface area contributed by atoms with Crippen LogP contribution in [0.5, 0.6) is 0 Å². The fourth-order valence-electron chi connectivity index (χ4n) is 6.91. The number of pyridine rings is 1. The van der Waals surface area contributed by atoms with E-state index < -0.39 is 8.07 Å². The highest BCUT2D eigenvalue weighted by Gasteiger charge is 2.35. The maximum atomic E-state index is 6.99. The molecule has 0 aliphatic carbocycles. The normalized spacial score (nSPS) is 13.1. The van der Waals surface area contributed by atoms with Crippen molar-refractivity contribution < 1.29 is 8.98 Å². The highest BCUT2D eigenvalue weighted by Crippen LogP contribution is 2.43. The molecule has 0 bridgehead atoms. The minimum absolute atomic E-state index is 0.0396. The summed E-state index contributed by atoms with van der Waals surface area (Å²) in [6.07, 6.45) is 1.99. The molecule has 0 aliphatic rings. The predicted octanol–water partition coefficient (Wildman–Crippen LogP) is 10.4. The molecule has 3 aromatic carbocycles. The maximum absolute atomic E-state index is 6.99. The average Bonchev–Trinajstić information content (AvgIpc) is 3.68. The van der Waals surface area contributed by atoms with E-state index in [0.717, 1.165) is 49.2 Å². The minimum atomic E-state index is -1.60. The van der Waals surface area contributed by atoms with Crippen LogP contribution in [0, 0.1) is 6.92 Å². The van der Waals surface area contributed by atoms with Gasteiger partial charge in [-0.25, -0.2) is 9.55 Å². The molecule has 7 heteroatoms. The number of imidazole rings is 1. The summed E-state index contributed by atoms with van der Waals surface area (Å²) in [5.74, 6) is 1.77. The third-order valence-corrected chi connectivity index (χ3v) is 13.9. The van der Waals surface area contributed by atoms with Crippen LogP contribution in [-0.2, 0) is 12.5 Å². The molecule has 5 nitrogen and oxygen atoms in total. The van der Waals surface area contributed by atoms with Gasteiger partial charge >= 0.3 is 0 Å². The Morgan fingerprint density at radius 2 is 1.55 bits per heavy atom. The minimum Gasteiger partial charge on any atom is -0.451 e. The SMILES string of the molecule is Cc1ccc2c(oc3c4nc([Si](C)(C)C)sc4cnc23)c1-c1n(-c2c(C(C)C)cc(C(C)(C)C)cc2C(C)C)c2ccccc2[n+]1C. The van der Waals surface area contributed by atoms with E-state index in [9.17, 15) is 0 Å². The number of rotatable bonds is 5. The summed E-state index contributed by atoms with van der Waals surface area (Å²) in [6.45, 7) is 25.5. The van der Waals surface area contributed by atoms with Gasteiger partial charge in [-0.05, 0) is 53.5 Å². The van der Waals surface area contributed by atoms with E-state index in [1.807, 2.05) is 6.20 Å². The number of aryl methyl sites for hydroxylation is 2. The van der Waals surface area contributed by atoms with Crippen molar-refractivity contribution >= 4 is 67.4 Å². The molecule has 0 saturated carbocycles. The van der Waals surface area contributed by atoms with E-state index >= 15 is 0 Å². The van der Waals surface area contributed by atoms with E-state index in [2.05, 4.69) is 140 Å². The Kier molecular flexibility index (Phi) is 7.34. The van der Waals surface area contributed by atoms with Gasteiger partial charge in [-0.3, -0.25) is 4.98 Å². The van der Waals surface area contributed by atoms with Crippen molar-refractivity contribution in [1.29, 1.82) is 0 Å². The molecular weight excluding hydrogens is 613 g/mol. The molecule has 242 valence electrons. The van der Waals surface area contributed by atoms with Crippen molar-refractivity contribution in [3.63, 3.8) is 0 Å². The summed E-state index contributed by atoms with van der Waals surface area (Å²) < 4.78 is 14.2. The smallest absolute Gasteiger partial charge is 0.299 e. The van der Waals surface area contributed by atoms with E-state index in [1.165, 1.54) is 38.0 Å². The first-order valence-corrected chi connectivity index (χ1v) is 21.2. The Labute approximate surface area is 283 Å². The quantitative estimate of drug-likeness (QED) is 0.136. The summed E-state index contributed by atoms with van der Waals surface area (Å²) in [6, 6.07) is 18.1. The van der Waals surface area contributed by atoms with Gasteiger partial charge in [0.15, 0.2) is 22.2 Å². The highest BCUT2D eigenvalue weighted by atomic mass is 32.1. The number of para-hydroxylation sites is 2. The Hall–Kier alpha value is -3.81. The lowest BCUT2D eigenvalue weighted by atomic mass is 9.81. The van der Waals surface area contributed by atoms with Gasteiger partial charge in [0.1, 0.15) is 30.4 Å². The van der Waals surface area contributed by atoms with Gasteiger partial charge in [0, 0.05) is 22.7 Å². The molecule has 0 N–H and O–H groups in total. The fourth-order valence-corrected chi connectivity index (χ4v) is 9.60. The number of hydrogen-bond donors (Lipinski definition) is 0. The first-order chi connectivity index (χ1) is 22.1. The molecule has 7 rings (SSSR count). The van der Waals surface area contributed by atoms with Crippen LogP contribution in [0.25, 0.3) is 60.4 Å². The van der Waals surface area contributed by atoms with Crippen LogP contribution in [0.4, 0.5) is 0 Å². The van der Waals surface area contributed by atoms with Gasteiger partial charge in [-0.2, -0.15) is 4.57 Å². The molecule has 4 aromatic heterocycles. The highest BCUT2D eigenvalue weighted by molar-refractivity contribution is 7.30. The van der Waals surface area contributed by atoms with E-state index in [4.69, 9.17) is 14.4 Å². The number of benzene rings is 3. The van der Waals surface area contributed by atoms with Gasteiger partial charge in [0.25, 0.3) is 5.82 Å². The molecule has 7 aromatic rings. The Morgan fingerprint density at radius 3 is 2.17 bits per heavy atom. The van der Waals surface area contributed by atoms with Crippen molar-refractivity contribution in [1.82, 2.24) is 14.5 Å². The lowest BCUT2D eigenvalue weighted by molar-refractivity contribution is -0.633. The molecule has 0 unspecified atom stereocenters. The molecule has 0 saturated heterocycles. The lowest BCUT2D eigenvalue weighted by Gasteiger charge is -2.26. The van der Waals surface area contributed by atoms with Crippen LogP contribution < -0.4 is 9.20 Å². The molecular formula is C40H47N4OSSi+. The zero-order valence-corrected chi connectivity index (χ0v) is 31.8. The summed E-state index contributed by atoms with van der Waals surface area (Å²) in [7, 11) is 0.593. The number of aromatic nitrogens is 4. The van der Waals surface area contributed by atoms with Gasteiger partial charge in [-0.15, -0.1) is 11.3 Å². The lowest BCUT2D eigenvalue weighted by Crippen LogP contribution is -2.36. The number of nitrogens with zero attached hydrogens (tertiary/aromatic N) is 4. The molecule has 0 radical (unpaired) electrons. The topological polar surface area (TPSA) is 47.7 Å². The summed E-state index contributed by atoms with van der Waals surface area (Å²) in [5.41, 5.74) is 13.5. The second kappa shape index (κ2) is 10.9. The number of hydrogen-bond acceptors (Lipinski definition) is 4. The molecule has 0 spiro atoms. The van der Waals surface area contributed by atoms with Crippen LogP contribution in [0.3, 0.4) is 0 Å². The van der Waals surface area contributed by atoms with Crippen LogP contribution in [0.1, 0.15) is 82.6 Å². The van der Waals surface area contributed by atoms with E-state index in [0.29, 0.717) is 11.8 Å². The van der Waals surface area contributed by atoms with Crippen LogP contribution in [-0.4, -0.2) is 22.6 Å². The summed E-state index contributed by atoms with van der Waals surface area (Å²) in [5, 5.41) is 1.03. The fraction of sp³-hybridized carbons (Fsp3) is 0.375. The van der Waals surface area contributed by atoms with Crippen molar-refractivity contribution in [2.24, 2.45) is 7.05 Å². The van der Waals surface area contributed by atoms with Crippen LogP contribution >= 0.6 is 11.3 Å². The average molecular weight is 660 g/mol. The first-order valence-electron chi connectivity index (χ1n) is 16.9. The largest absolute Gasteiger partial charge is 0.451 e. The van der Waals surface area contributed by atoms with Crippen LogP contribution in [0.2, 0.25) is 19.6 Å². The van der Waals surface area contributed by atoms with Gasteiger partial charge in [-0.1, -0.05) is 98.4 Å². The van der Waals surface area contributed by atoms with Crippen LogP contribution in [0.15, 0.2) is 59.1 Å². The zero-order valence-electron chi connectivity index (χ0n) is 30.0. The summed E-state index contributed by atoms with van der Waals surface area (Å²) >= 11 is 1.77. The maximum Gasteiger partial charge on any atom is 0.299 e. The van der Waals surface area contributed by atoms with Gasteiger partial charge in [0.2, 0.25) is 0 Å². The predicted molar refractivity (Wildman–Crippen MR) is 203 cm³/mol. The van der Waals surface area contributed by atoms with Crippen molar-refractivity contribution in [3.8, 4) is 17.1 Å². The monoisotopic (exact) mass is 659 g/mol. The second-order valence-electron chi connectivity index (χ2n) is 15.9. The zero-order chi connectivity index (χ0) is 33.7. The number of fused-ring (bicyclic) bond motifs is 6. The second-order valence-corrected chi connectivity index (χ2v) is 22.3. The number of thiazole rings is 1. The molecule has 0 amide bonds. The van der Waals surface area contributed by atoms with Gasteiger partial charge in [0.05, 0.1) is 16.4 Å². The van der Waals surface area contributed by atoms with E-state index in [1.54, 1.807) is 11.3 Å². The molecule has 0 fully saturated rings. The Balaban J connectivity index is 1.64. The third kappa shape index (κ3) is 4.96. The molecule has 0 aliphatic heterocycles. The van der Waals surface area contributed by atoms with Gasteiger partial charge < -0.3 is 4.42 Å². The standard InChI is InChI=1S/C40H47N4OSSi/c1-22(2)27-19-25(40(6,7)8)20-28(23(3)4)35(27)44-30-16-14-13-15-29(30)43(9)38(44)32-24(5)17-18-26-33-37(45-36(26)32)34-31(21-41-33)46-39(42-34)47(10,11)12/h13-23H,1-12H3/q+1. The number of furan rings is 1. The van der Waals surface area contributed by atoms with Crippen molar-refractivity contribution in [2.45, 2.75) is 92.3 Å². The molecule has 0 atom stereocenters. The Morgan fingerprint density at radius 1 is 0.894 bits per heavy atom. The summed E-state index contributed by atoms with van der Waals surface area (Å²) in [4.78, 5) is 10.2. The van der Waals surface area contributed by atoms with Crippen molar-refractivity contribution in [3.05, 3.63) is 77.0 Å².